The van der Waals surface area contributed by atoms with Crippen LogP contribution in [0.3, 0.4) is 0 Å². The summed E-state index contributed by atoms with van der Waals surface area (Å²) in [6, 6.07) is 16.3. The largest absolute Gasteiger partial charge is 0.494 e. The van der Waals surface area contributed by atoms with Crippen molar-refractivity contribution in [2.75, 3.05) is 32.8 Å². The van der Waals surface area contributed by atoms with Gasteiger partial charge in [0, 0.05) is 31.7 Å². The number of piperazine rings is 1. The highest BCUT2D eigenvalue weighted by atomic mass is 32.2. The van der Waals surface area contributed by atoms with E-state index < -0.39 is 10.0 Å². The Kier molecular flexibility index (Phi) is 6.70. The van der Waals surface area contributed by atoms with Crippen LogP contribution in [-0.4, -0.2) is 56.3 Å². The summed E-state index contributed by atoms with van der Waals surface area (Å²) in [6.07, 6.45) is 0.929. The van der Waals surface area contributed by atoms with Gasteiger partial charge < -0.3 is 9.64 Å². The summed E-state index contributed by atoms with van der Waals surface area (Å²) in [4.78, 5) is 14.4. The number of nitrogens with zero attached hydrogens (tertiary/aromatic N) is 2. The Hall–Kier alpha value is -2.38. The number of amides is 1. The molecule has 0 radical (unpaired) electrons. The smallest absolute Gasteiger partial charge is 0.253 e. The second-order valence-corrected chi connectivity index (χ2v) is 8.77. The van der Waals surface area contributed by atoms with Gasteiger partial charge in [-0.25, -0.2) is 8.42 Å². The third-order valence-electron chi connectivity index (χ3n) is 4.69. The van der Waals surface area contributed by atoms with Crippen molar-refractivity contribution in [1.29, 1.82) is 0 Å². The molecule has 0 unspecified atom stereocenters. The maximum Gasteiger partial charge on any atom is 0.253 e. The second-order valence-electron chi connectivity index (χ2n) is 6.81. The van der Waals surface area contributed by atoms with E-state index in [1.54, 1.807) is 29.2 Å². The predicted octanol–water partition coefficient (Wildman–Crippen LogP) is 2.76. The third-order valence-corrected chi connectivity index (χ3v) is 6.54. The summed E-state index contributed by atoms with van der Waals surface area (Å²) in [5.74, 6) is 0.651. The van der Waals surface area contributed by atoms with Crippen molar-refractivity contribution >= 4 is 15.9 Å². The highest BCUT2D eigenvalue weighted by Crippen LogP contribution is 2.17. The van der Waals surface area contributed by atoms with Gasteiger partial charge in [-0.2, -0.15) is 4.31 Å². The van der Waals surface area contributed by atoms with E-state index in [-0.39, 0.29) is 11.7 Å². The molecule has 1 aliphatic heterocycles. The minimum atomic E-state index is -3.39. The molecule has 1 saturated heterocycles. The number of rotatable bonds is 7. The van der Waals surface area contributed by atoms with Crippen LogP contribution in [-0.2, 0) is 15.8 Å². The van der Waals surface area contributed by atoms with Crippen molar-refractivity contribution in [2.45, 2.75) is 19.1 Å². The molecule has 7 heteroatoms. The van der Waals surface area contributed by atoms with Gasteiger partial charge in [0.25, 0.3) is 5.91 Å². The monoisotopic (exact) mass is 402 g/mol. The van der Waals surface area contributed by atoms with E-state index in [0.717, 1.165) is 17.7 Å². The Morgan fingerprint density at radius 1 is 0.964 bits per heavy atom. The predicted molar refractivity (Wildman–Crippen MR) is 109 cm³/mol. The van der Waals surface area contributed by atoms with Crippen LogP contribution < -0.4 is 4.74 Å². The zero-order valence-corrected chi connectivity index (χ0v) is 16.9. The van der Waals surface area contributed by atoms with E-state index in [1.807, 2.05) is 37.3 Å². The van der Waals surface area contributed by atoms with Crippen molar-refractivity contribution in [3.63, 3.8) is 0 Å². The number of sulfonamides is 1. The lowest BCUT2D eigenvalue weighted by molar-refractivity contribution is 0.0697. The molecule has 2 aromatic carbocycles. The molecule has 1 heterocycles. The lowest BCUT2D eigenvalue weighted by Crippen LogP contribution is -2.50. The zero-order valence-electron chi connectivity index (χ0n) is 16.1. The summed E-state index contributed by atoms with van der Waals surface area (Å²) in [5, 5.41) is 0. The molecule has 0 saturated carbocycles. The topological polar surface area (TPSA) is 66.9 Å². The molecular weight excluding hydrogens is 376 g/mol. The second kappa shape index (κ2) is 9.21. The Balaban J connectivity index is 1.56. The van der Waals surface area contributed by atoms with E-state index >= 15 is 0 Å². The van der Waals surface area contributed by atoms with E-state index in [9.17, 15) is 13.2 Å². The number of carbonyl (C=O) groups excluding carboxylic acids is 1. The van der Waals surface area contributed by atoms with Gasteiger partial charge in [-0.15, -0.1) is 0 Å². The molecule has 6 nitrogen and oxygen atoms in total. The molecule has 0 bridgehead atoms. The first-order chi connectivity index (χ1) is 13.5. The highest BCUT2D eigenvalue weighted by molar-refractivity contribution is 7.88. The zero-order chi connectivity index (χ0) is 20.0. The number of ether oxygens (including phenoxy) is 1. The maximum atomic E-state index is 12.7. The van der Waals surface area contributed by atoms with Crippen LogP contribution in [0.2, 0.25) is 0 Å². The van der Waals surface area contributed by atoms with Crippen molar-refractivity contribution in [3.8, 4) is 5.75 Å². The maximum absolute atomic E-state index is 12.7. The fourth-order valence-electron chi connectivity index (χ4n) is 3.14. The minimum Gasteiger partial charge on any atom is -0.494 e. The van der Waals surface area contributed by atoms with Gasteiger partial charge in [0.15, 0.2) is 0 Å². The molecule has 28 heavy (non-hydrogen) atoms. The van der Waals surface area contributed by atoms with Crippen LogP contribution in [0.1, 0.15) is 29.3 Å². The molecular formula is C21H26N2O4S. The van der Waals surface area contributed by atoms with Crippen molar-refractivity contribution in [2.24, 2.45) is 0 Å². The summed E-state index contributed by atoms with van der Waals surface area (Å²) in [6.45, 7) is 4.10. The fraction of sp³-hybridized carbons (Fsp3) is 0.381. The summed E-state index contributed by atoms with van der Waals surface area (Å²) in [5.41, 5.74) is 1.36. The highest BCUT2D eigenvalue weighted by Gasteiger charge is 2.29. The van der Waals surface area contributed by atoms with Crippen LogP contribution in [0.15, 0.2) is 54.6 Å². The van der Waals surface area contributed by atoms with Crippen LogP contribution in [0.4, 0.5) is 0 Å². The molecule has 1 fully saturated rings. The van der Waals surface area contributed by atoms with Crippen LogP contribution in [0.25, 0.3) is 0 Å². The summed E-state index contributed by atoms with van der Waals surface area (Å²) >= 11 is 0. The first-order valence-corrected chi connectivity index (χ1v) is 11.1. The van der Waals surface area contributed by atoms with Crippen LogP contribution in [0.5, 0.6) is 5.75 Å². The van der Waals surface area contributed by atoms with Gasteiger partial charge in [0.1, 0.15) is 5.75 Å². The quantitative estimate of drug-likeness (QED) is 0.714. The Bertz CT molecular complexity index is 874. The first-order valence-electron chi connectivity index (χ1n) is 9.53. The lowest BCUT2D eigenvalue weighted by atomic mass is 10.2. The average molecular weight is 403 g/mol. The first kappa shape index (κ1) is 20.4. The average Bonchev–Trinajstić information content (AvgIpc) is 2.72. The number of carbonyl (C=O) groups is 1. The van der Waals surface area contributed by atoms with E-state index in [1.165, 1.54) is 4.31 Å². The summed E-state index contributed by atoms with van der Waals surface area (Å²) in [7, 11) is -3.39. The number of hydrogen-bond acceptors (Lipinski definition) is 4. The van der Waals surface area contributed by atoms with E-state index in [2.05, 4.69) is 0 Å². The van der Waals surface area contributed by atoms with Crippen LogP contribution >= 0.6 is 0 Å². The molecule has 1 amide bonds. The number of benzene rings is 2. The summed E-state index contributed by atoms with van der Waals surface area (Å²) < 4.78 is 32.3. The number of hydrogen-bond donors (Lipinski definition) is 0. The van der Waals surface area contributed by atoms with Gasteiger partial charge in [-0.1, -0.05) is 37.3 Å². The van der Waals surface area contributed by atoms with E-state index in [0.29, 0.717) is 38.3 Å². The fourth-order valence-corrected chi connectivity index (χ4v) is 4.66. The van der Waals surface area contributed by atoms with Gasteiger partial charge in [-0.3, -0.25) is 4.79 Å². The Morgan fingerprint density at radius 3 is 2.21 bits per heavy atom. The molecule has 0 aromatic heterocycles. The molecule has 150 valence electrons. The van der Waals surface area contributed by atoms with Gasteiger partial charge in [-0.05, 0) is 36.2 Å². The third kappa shape index (κ3) is 5.11. The van der Waals surface area contributed by atoms with Gasteiger partial charge in [0.2, 0.25) is 10.0 Å². The molecule has 0 spiro atoms. The molecule has 0 N–H and O–H groups in total. The van der Waals surface area contributed by atoms with Crippen molar-refractivity contribution < 1.29 is 17.9 Å². The molecule has 0 atom stereocenters. The molecule has 2 aromatic rings. The minimum absolute atomic E-state index is 0.0129. The van der Waals surface area contributed by atoms with Gasteiger partial charge >= 0.3 is 0 Å². The van der Waals surface area contributed by atoms with E-state index in [4.69, 9.17) is 4.74 Å². The Morgan fingerprint density at radius 2 is 1.61 bits per heavy atom. The standard InChI is InChI=1S/C21H26N2O4S/c1-2-16-27-20-10-8-19(9-11-20)21(24)22-12-14-23(15-13-22)28(25,26)17-18-6-4-3-5-7-18/h3-11H,2,12-17H2,1H3. The van der Waals surface area contributed by atoms with Gasteiger partial charge in [0.05, 0.1) is 12.4 Å². The van der Waals surface area contributed by atoms with Crippen LogP contribution in [0, 0.1) is 0 Å². The SMILES string of the molecule is CCCOc1ccc(C(=O)N2CCN(S(=O)(=O)Cc3ccccc3)CC2)cc1. The normalized spacial score (nSPS) is 15.4. The molecule has 1 aliphatic rings. The van der Waals surface area contributed by atoms with Crippen molar-refractivity contribution in [1.82, 2.24) is 9.21 Å². The molecule has 3 rings (SSSR count). The lowest BCUT2D eigenvalue weighted by Gasteiger charge is -2.34. The van der Waals surface area contributed by atoms with Crippen molar-refractivity contribution in [3.05, 3.63) is 65.7 Å². The molecule has 0 aliphatic carbocycles. The Labute approximate surface area is 166 Å².